The summed E-state index contributed by atoms with van der Waals surface area (Å²) in [7, 11) is 0. The molecule has 270 valence electrons. The van der Waals surface area contributed by atoms with Crippen molar-refractivity contribution >= 4 is 47.1 Å². The summed E-state index contributed by atoms with van der Waals surface area (Å²) in [5.41, 5.74) is 18.3. The zero-order valence-corrected chi connectivity index (χ0v) is 30.4. The minimum Gasteiger partial charge on any atom is -0.550 e. The number of hydrogen-bond donors (Lipinski definition) is 4. The van der Waals surface area contributed by atoms with Crippen LogP contribution in [0.2, 0.25) is 0 Å². The Kier molecular flexibility index (Phi) is 29.4. The minimum absolute atomic E-state index is 0. The first-order valence-electron chi connectivity index (χ1n) is 13.2. The van der Waals surface area contributed by atoms with Crippen molar-refractivity contribution in [3.05, 3.63) is 36.4 Å². The maximum Gasteiger partial charge on any atom is 2.00 e. The molecule has 2 aromatic heterocycles. The van der Waals surface area contributed by atoms with Crippen LogP contribution in [-0.2, 0) is 53.3 Å². The van der Waals surface area contributed by atoms with E-state index in [0.29, 0.717) is 23.3 Å². The Morgan fingerprint density at radius 1 is 0.435 bits per heavy atom. The number of nitrogens with two attached hydrogens (primary N) is 4. The number of nitrogen functional groups attached to an aromatic ring is 4. The second-order valence-electron chi connectivity index (χ2n) is 13.1. The molecule has 0 aliphatic carbocycles. The molecule has 0 saturated heterocycles. The van der Waals surface area contributed by atoms with Gasteiger partial charge in [-0.2, -0.15) is 0 Å². The number of carbonyl (C=O) groups excluding carboxylic acids is 4. The van der Waals surface area contributed by atoms with Crippen LogP contribution in [0.25, 0.3) is 0 Å². The molecule has 2 rings (SSSR count). The molecule has 0 unspecified atom stereocenters. The first-order chi connectivity index (χ1) is 19.3. The summed E-state index contributed by atoms with van der Waals surface area (Å²) in [5, 5.41) is 39.6. The monoisotopic (exact) mass is 748 g/mol. The normalized spacial score (nSPS) is 10.0. The maximum atomic E-state index is 9.91. The van der Waals surface area contributed by atoms with Gasteiger partial charge in [-0.15, -0.1) is 0 Å². The molecule has 0 aliphatic heterocycles. The van der Waals surface area contributed by atoms with E-state index in [1.807, 2.05) is 0 Å². The molecule has 14 nitrogen and oxygen atoms in total. The van der Waals surface area contributed by atoms with Gasteiger partial charge in [-0.1, -0.05) is 95.2 Å². The average Bonchev–Trinajstić information content (AvgIpc) is 2.78. The molecule has 0 amide bonds. The van der Waals surface area contributed by atoms with Gasteiger partial charge in [0.1, 0.15) is 23.3 Å². The second kappa shape index (κ2) is 24.6. The van der Waals surface area contributed by atoms with Crippen LogP contribution in [0.3, 0.4) is 0 Å². The molecule has 2 aromatic rings. The van der Waals surface area contributed by atoms with E-state index in [-0.39, 0.29) is 34.1 Å². The summed E-state index contributed by atoms with van der Waals surface area (Å²) in [4.78, 5) is 47.1. The van der Waals surface area contributed by atoms with E-state index in [1.165, 1.54) is 0 Å². The maximum absolute atomic E-state index is 9.91. The number of pyridine rings is 2. The van der Waals surface area contributed by atoms with Crippen molar-refractivity contribution in [1.29, 1.82) is 0 Å². The summed E-state index contributed by atoms with van der Waals surface area (Å²) >= 11 is 0. The van der Waals surface area contributed by atoms with Gasteiger partial charge in [0, 0.05) is 45.5 Å². The number of carboxylic acids is 4. The first-order valence-corrected chi connectivity index (χ1v) is 13.2. The third-order valence-corrected chi connectivity index (χ3v) is 4.03. The summed E-state index contributed by atoms with van der Waals surface area (Å²) < 4.78 is 0. The van der Waals surface area contributed by atoms with Crippen LogP contribution in [0.4, 0.5) is 23.3 Å². The van der Waals surface area contributed by atoms with Crippen molar-refractivity contribution in [1.82, 2.24) is 9.97 Å². The number of hydrogen-bond acceptors (Lipinski definition) is 14. The van der Waals surface area contributed by atoms with Gasteiger partial charge < -0.3 is 62.5 Å². The Labute approximate surface area is 294 Å². The molecule has 0 bridgehead atoms. The fourth-order valence-electron chi connectivity index (χ4n) is 0.938. The van der Waals surface area contributed by atoms with Gasteiger partial charge in [-0.25, -0.2) is 9.97 Å². The molecule has 16 heteroatoms. The van der Waals surface area contributed by atoms with Gasteiger partial charge in [0.2, 0.25) is 0 Å². The SMILES string of the molecule is CC(C)(C)C(=O)[O-].CC(C)(C)C(=O)[O-].CC(C)(C)C(=O)[O-].CC(C)(C)C(=O)[O-].Nc1cccc(N)n1.Nc1cccc(N)n1.[Cu+2].[Cu+2]. The molecule has 2 radical (unpaired) electrons. The van der Waals surface area contributed by atoms with Crippen molar-refractivity contribution < 1.29 is 73.7 Å². The van der Waals surface area contributed by atoms with Crippen LogP contribution in [0.5, 0.6) is 0 Å². The number of carboxylic acid groups (broad SMARTS) is 4. The zero-order chi connectivity index (χ0) is 36.3. The molecule has 0 spiro atoms. The Morgan fingerprint density at radius 2 is 0.543 bits per heavy atom. The van der Waals surface area contributed by atoms with Crippen LogP contribution >= 0.6 is 0 Å². The molecular weight excluding hydrogens is 699 g/mol. The van der Waals surface area contributed by atoms with Gasteiger partial charge in [0.05, 0.1) is 0 Å². The smallest absolute Gasteiger partial charge is 0.550 e. The van der Waals surface area contributed by atoms with Gasteiger partial charge in [0.25, 0.3) is 0 Å². The number of carbonyl (C=O) groups is 4. The van der Waals surface area contributed by atoms with E-state index in [9.17, 15) is 39.6 Å². The standard InChI is InChI=1S/2C5H7N3.4C5H10O2.2Cu/c2*6-4-2-1-3-5(7)8-4;4*1-5(2,3)4(6)7;;/h2*1-3H,(H4,6,7,8);4*1-3H3,(H,6,7);;/q;;;;;;2*+2/p-4. The van der Waals surface area contributed by atoms with E-state index in [0.717, 1.165) is 0 Å². The van der Waals surface area contributed by atoms with E-state index >= 15 is 0 Å². The van der Waals surface area contributed by atoms with Gasteiger partial charge in [0.15, 0.2) is 0 Å². The molecule has 0 fully saturated rings. The van der Waals surface area contributed by atoms with E-state index in [4.69, 9.17) is 22.9 Å². The zero-order valence-electron chi connectivity index (χ0n) is 28.5. The average molecular weight is 750 g/mol. The summed E-state index contributed by atoms with van der Waals surface area (Å²) in [6.45, 7) is 19.2. The molecule has 0 saturated carbocycles. The van der Waals surface area contributed by atoms with Gasteiger partial charge >= 0.3 is 34.1 Å². The topological polar surface area (TPSA) is 290 Å². The van der Waals surface area contributed by atoms with Crippen LogP contribution in [0.15, 0.2) is 36.4 Å². The fourth-order valence-corrected chi connectivity index (χ4v) is 0.938. The number of rotatable bonds is 0. The van der Waals surface area contributed by atoms with Crippen molar-refractivity contribution in [2.45, 2.75) is 83.1 Å². The molecular formula is C30H50Cu2N6O8. The Morgan fingerprint density at radius 3 is 0.587 bits per heavy atom. The molecule has 0 aliphatic rings. The molecule has 8 N–H and O–H groups in total. The Bertz CT molecular complexity index is 997. The molecule has 46 heavy (non-hydrogen) atoms. The number of aliphatic carboxylic acids is 4. The molecule has 0 aromatic carbocycles. The third-order valence-electron chi connectivity index (χ3n) is 4.03. The first kappa shape index (κ1) is 54.9. The third kappa shape index (κ3) is 38.4. The van der Waals surface area contributed by atoms with Crippen LogP contribution < -0.4 is 43.4 Å². The number of aromatic nitrogens is 2. The van der Waals surface area contributed by atoms with Crippen molar-refractivity contribution in [3.8, 4) is 0 Å². The van der Waals surface area contributed by atoms with Crippen LogP contribution in [0.1, 0.15) is 83.1 Å². The minimum atomic E-state index is -1.01. The van der Waals surface area contributed by atoms with Crippen molar-refractivity contribution in [2.24, 2.45) is 21.7 Å². The van der Waals surface area contributed by atoms with Crippen molar-refractivity contribution in [2.75, 3.05) is 22.9 Å². The summed E-state index contributed by atoms with van der Waals surface area (Å²) in [5.74, 6) is -2.18. The predicted octanol–water partition coefficient (Wildman–Crippen LogP) is -0.383. The van der Waals surface area contributed by atoms with Gasteiger partial charge in [-0.3, -0.25) is 0 Å². The second-order valence-corrected chi connectivity index (χ2v) is 13.1. The van der Waals surface area contributed by atoms with E-state index in [1.54, 1.807) is 119 Å². The Balaban J connectivity index is -0.000000104. The van der Waals surface area contributed by atoms with Crippen LogP contribution in [-0.4, -0.2) is 33.8 Å². The largest absolute Gasteiger partial charge is 2.00 e. The number of nitrogens with zero attached hydrogens (tertiary/aromatic N) is 2. The van der Waals surface area contributed by atoms with Gasteiger partial charge in [-0.05, 0) is 24.3 Å². The van der Waals surface area contributed by atoms with E-state index < -0.39 is 45.5 Å². The van der Waals surface area contributed by atoms with Crippen LogP contribution in [0, 0.1) is 21.7 Å². The summed E-state index contributed by atoms with van der Waals surface area (Å²) in [6.07, 6.45) is 0. The molecule has 0 atom stereocenters. The van der Waals surface area contributed by atoms with Crippen molar-refractivity contribution in [3.63, 3.8) is 0 Å². The fraction of sp³-hybridized carbons (Fsp3) is 0.533. The van der Waals surface area contributed by atoms with E-state index in [2.05, 4.69) is 9.97 Å². The molecule has 2 heterocycles. The Hall–Kier alpha value is -3.58. The number of anilines is 4. The quantitative estimate of drug-likeness (QED) is 0.250. The summed E-state index contributed by atoms with van der Waals surface area (Å²) in [6, 6.07) is 10.3. The predicted molar refractivity (Wildman–Crippen MR) is 164 cm³/mol.